The molecule has 0 atom stereocenters. The third-order valence-corrected chi connectivity index (χ3v) is 3.80. The minimum absolute atomic E-state index is 0.407. The molecule has 92 valence electrons. The normalized spacial score (nSPS) is 10.3. The van der Waals surface area contributed by atoms with Crippen molar-refractivity contribution in [3.63, 3.8) is 0 Å². The zero-order chi connectivity index (χ0) is 13.1. The monoisotopic (exact) mass is 323 g/mol. The number of carbonyl (C=O) groups excluding carboxylic acids is 1. The number of nitrogens with two attached hydrogens (primary N) is 2. The fourth-order valence-corrected chi connectivity index (χ4v) is 2.54. The molecule has 0 bridgehead atoms. The number of nitrogens with zero attached hydrogens (tertiary/aromatic N) is 1. The molecule has 4 nitrogen and oxygen atoms in total. The van der Waals surface area contributed by atoms with E-state index in [1.165, 1.54) is 11.8 Å². The largest absolute Gasteiger partial charge is 0.398 e. The molecule has 0 radical (unpaired) electrons. The minimum atomic E-state index is -0.498. The van der Waals surface area contributed by atoms with Crippen molar-refractivity contribution in [2.45, 2.75) is 9.92 Å². The maximum atomic E-state index is 11.3. The molecular formula is C12H10BrN3OS. The van der Waals surface area contributed by atoms with Crippen molar-refractivity contribution in [1.82, 2.24) is 4.98 Å². The number of pyridine rings is 1. The average Bonchev–Trinajstić information content (AvgIpc) is 2.34. The van der Waals surface area contributed by atoms with E-state index in [0.29, 0.717) is 16.1 Å². The molecule has 0 aliphatic carbocycles. The van der Waals surface area contributed by atoms with Crippen LogP contribution in [-0.2, 0) is 0 Å². The van der Waals surface area contributed by atoms with E-state index >= 15 is 0 Å². The summed E-state index contributed by atoms with van der Waals surface area (Å²) >= 11 is 4.63. The van der Waals surface area contributed by atoms with E-state index in [0.717, 1.165) is 9.50 Å². The second-order valence-electron chi connectivity index (χ2n) is 3.50. The van der Waals surface area contributed by atoms with Crippen molar-refractivity contribution in [2.75, 3.05) is 5.73 Å². The Morgan fingerprint density at radius 2 is 2.06 bits per heavy atom. The van der Waals surface area contributed by atoms with Crippen LogP contribution in [0.5, 0.6) is 0 Å². The van der Waals surface area contributed by atoms with Crippen LogP contribution >= 0.6 is 27.7 Å². The van der Waals surface area contributed by atoms with Gasteiger partial charge in [0.05, 0.1) is 5.56 Å². The Bertz CT molecular complexity index is 586. The molecule has 1 amide bonds. The molecule has 1 heterocycles. The average molecular weight is 324 g/mol. The standard InChI is InChI=1S/C12H10BrN3OS/c13-7-4-5-10(16-6-7)18-11-8(12(15)17)2-1-3-9(11)14/h1-6H,14H2,(H2,15,17). The molecule has 6 heteroatoms. The summed E-state index contributed by atoms with van der Waals surface area (Å²) in [5, 5.41) is 0.749. The number of rotatable bonds is 3. The second kappa shape index (κ2) is 5.41. The highest BCUT2D eigenvalue weighted by Crippen LogP contribution is 2.33. The van der Waals surface area contributed by atoms with Crippen molar-refractivity contribution in [1.29, 1.82) is 0 Å². The predicted octanol–water partition coefficient (Wildman–Crippen LogP) is 2.68. The van der Waals surface area contributed by atoms with E-state index < -0.39 is 5.91 Å². The zero-order valence-electron chi connectivity index (χ0n) is 9.26. The summed E-state index contributed by atoms with van der Waals surface area (Å²) in [5.41, 5.74) is 12.1. The molecule has 0 aliphatic rings. The number of aromatic nitrogens is 1. The smallest absolute Gasteiger partial charge is 0.249 e. The Morgan fingerprint density at radius 1 is 1.28 bits per heavy atom. The van der Waals surface area contributed by atoms with Gasteiger partial charge in [0, 0.05) is 21.3 Å². The summed E-state index contributed by atoms with van der Waals surface area (Å²) in [6.07, 6.45) is 1.69. The quantitative estimate of drug-likeness (QED) is 0.851. The number of carbonyl (C=O) groups is 1. The van der Waals surface area contributed by atoms with Crippen molar-refractivity contribution in [3.05, 3.63) is 46.6 Å². The van der Waals surface area contributed by atoms with Crippen LogP contribution in [0.15, 0.2) is 50.9 Å². The molecule has 1 aromatic heterocycles. The van der Waals surface area contributed by atoms with Gasteiger partial charge in [0.2, 0.25) is 5.91 Å². The Morgan fingerprint density at radius 3 is 2.67 bits per heavy atom. The molecule has 1 aromatic carbocycles. The van der Waals surface area contributed by atoms with Crippen LogP contribution < -0.4 is 11.5 Å². The van der Waals surface area contributed by atoms with Gasteiger partial charge in [-0.2, -0.15) is 0 Å². The number of primary amides is 1. The highest BCUT2D eigenvalue weighted by Gasteiger charge is 2.12. The van der Waals surface area contributed by atoms with Gasteiger partial charge in [-0.15, -0.1) is 0 Å². The zero-order valence-corrected chi connectivity index (χ0v) is 11.7. The summed E-state index contributed by atoms with van der Waals surface area (Å²) in [7, 11) is 0. The molecule has 2 rings (SSSR count). The number of hydrogen-bond donors (Lipinski definition) is 2. The Labute approximate surface area is 117 Å². The van der Waals surface area contributed by atoms with Crippen LogP contribution in [0.4, 0.5) is 5.69 Å². The number of amides is 1. The lowest BCUT2D eigenvalue weighted by Gasteiger charge is -2.08. The van der Waals surface area contributed by atoms with Crippen molar-refractivity contribution < 1.29 is 4.79 Å². The lowest BCUT2D eigenvalue weighted by molar-refractivity contribution is 0.0997. The first-order valence-corrected chi connectivity index (χ1v) is 6.66. The van der Waals surface area contributed by atoms with E-state index in [-0.39, 0.29) is 0 Å². The van der Waals surface area contributed by atoms with Gasteiger partial charge >= 0.3 is 0 Å². The summed E-state index contributed by atoms with van der Waals surface area (Å²) in [6.45, 7) is 0. The van der Waals surface area contributed by atoms with Gasteiger partial charge in [0.15, 0.2) is 0 Å². The first-order chi connectivity index (χ1) is 8.58. The van der Waals surface area contributed by atoms with Crippen molar-refractivity contribution in [2.24, 2.45) is 5.73 Å². The van der Waals surface area contributed by atoms with Gasteiger partial charge in [-0.1, -0.05) is 17.8 Å². The van der Waals surface area contributed by atoms with E-state index in [2.05, 4.69) is 20.9 Å². The van der Waals surface area contributed by atoms with E-state index in [9.17, 15) is 4.79 Å². The predicted molar refractivity (Wildman–Crippen MR) is 75.4 cm³/mol. The molecule has 0 saturated heterocycles. The summed E-state index contributed by atoms with van der Waals surface area (Å²) in [5.74, 6) is -0.498. The first kappa shape index (κ1) is 12.9. The summed E-state index contributed by atoms with van der Waals surface area (Å²) in [4.78, 5) is 16.2. The van der Waals surface area contributed by atoms with Crippen LogP contribution in [0.2, 0.25) is 0 Å². The van der Waals surface area contributed by atoms with Crippen LogP contribution in [0.3, 0.4) is 0 Å². The second-order valence-corrected chi connectivity index (χ2v) is 5.45. The number of anilines is 1. The topological polar surface area (TPSA) is 82.0 Å². The van der Waals surface area contributed by atoms with Gasteiger partial charge < -0.3 is 11.5 Å². The van der Waals surface area contributed by atoms with Crippen LogP contribution in [0, 0.1) is 0 Å². The molecule has 0 saturated carbocycles. The van der Waals surface area contributed by atoms with E-state index in [1.54, 1.807) is 24.4 Å². The Balaban J connectivity index is 2.39. The Kier molecular flexibility index (Phi) is 3.88. The summed E-state index contributed by atoms with van der Waals surface area (Å²) in [6, 6.07) is 8.80. The van der Waals surface area contributed by atoms with Crippen LogP contribution in [0.1, 0.15) is 10.4 Å². The lowest BCUT2D eigenvalue weighted by atomic mass is 10.2. The first-order valence-electron chi connectivity index (χ1n) is 5.05. The lowest BCUT2D eigenvalue weighted by Crippen LogP contribution is -2.13. The van der Waals surface area contributed by atoms with Crippen LogP contribution in [-0.4, -0.2) is 10.9 Å². The van der Waals surface area contributed by atoms with Gasteiger partial charge in [0.1, 0.15) is 5.03 Å². The summed E-state index contributed by atoms with van der Waals surface area (Å²) < 4.78 is 0.892. The van der Waals surface area contributed by atoms with Gasteiger partial charge in [-0.25, -0.2) is 4.98 Å². The van der Waals surface area contributed by atoms with Gasteiger partial charge in [0.25, 0.3) is 0 Å². The van der Waals surface area contributed by atoms with E-state index in [1.807, 2.05) is 12.1 Å². The fraction of sp³-hybridized carbons (Fsp3) is 0. The number of benzene rings is 1. The van der Waals surface area contributed by atoms with E-state index in [4.69, 9.17) is 11.5 Å². The molecule has 18 heavy (non-hydrogen) atoms. The van der Waals surface area contributed by atoms with Crippen molar-refractivity contribution in [3.8, 4) is 0 Å². The maximum absolute atomic E-state index is 11.3. The Hall–Kier alpha value is -1.53. The molecule has 0 fully saturated rings. The van der Waals surface area contributed by atoms with Crippen molar-refractivity contribution >= 4 is 39.3 Å². The molecule has 2 aromatic rings. The molecule has 0 unspecified atom stereocenters. The third-order valence-electron chi connectivity index (χ3n) is 2.22. The fourth-order valence-electron chi connectivity index (χ4n) is 1.39. The molecule has 0 aliphatic heterocycles. The molecule has 4 N–H and O–H groups in total. The SMILES string of the molecule is NC(=O)c1cccc(N)c1Sc1ccc(Br)cn1. The van der Waals surface area contributed by atoms with Gasteiger partial charge in [-0.3, -0.25) is 4.79 Å². The number of halogens is 1. The number of nitrogen functional groups attached to an aromatic ring is 1. The van der Waals surface area contributed by atoms with Gasteiger partial charge in [-0.05, 0) is 40.2 Å². The molecular weight excluding hydrogens is 314 g/mol. The highest BCUT2D eigenvalue weighted by atomic mass is 79.9. The number of hydrogen-bond acceptors (Lipinski definition) is 4. The molecule has 0 spiro atoms. The maximum Gasteiger partial charge on any atom is 0.249 e. The third kappa shape index (κ3) is 2.83. The van der Waals surface area contributed by atoms with Crippen LogP contribution in [0.25, 0.3) is 0 Å². The highest BCUT2D eigenvalue weighted by molar-refractivity contribution is 9.10. The minimum Gasteiger partial charge on any atom is -0.398 e.